The lowest BCUT2D eigenvalue weighted by Crippen LogP contribution is -2.34. The molecule has 0 saturated carbocycles. The van der Waals surface area contributed by atoms with Gasteiger partial charge in [0, 0.05) is 19.2 Å². The number of para-hydroxylation sites is 1. The lowest BCUT2D eigenvalue weighted by atomic mass is 10.1. The Labute approximate surface area is 174 Å². The predicted molar refractivity (Wildman–Crippen MR) is 111 cm³/mol. The van der Waals surface area contributed by atoms with Gasteiger partial charge in [-0.15, -0.1) is 0 Å². The zero-order valence-corrected chi connectivity index (χ0v) is 17.5. The van der Waals surface area contributed by atoms with Gasteiger partial charge >= 0.3 is 0 Å². The number of amides is 1. The fourth-order valence-electron chi connectivity index (χ4n) is 3.43. The Bertz CT molecular complexity index is 1050. The first kappa shape index (κ1) is 21.9. The maximum Gasteiger partial charge on any atom is 0.257 e. The third-order valence-electron chi connectivity index (χ3n) is 5.01. The molecular formula is C23H26F3N3O. The monoisotopic (exact) mass is 417 g/mol. The van der Waals surface area contributed by atoms with Gasteiger partial charge in [0.1, 0.15) is 23.0 Å². The summed E-state index contributed by atoms with van der Waals surface area (Å²) in [4.78, 5) is 19.0. The first-order valence-corrected chi connectivity index (χ1v) is 10.2. The van der Waals surface area contributed by atoms with Gasteiger partial charge in [0.05, 0.1) is 17.6 Å². The highest BCUT2D eigenvalue weighted by molar-refractivity contribution is 5.94. The van der Waals surface area contributed by atoms with E-state index in [1.807, 2.05) is 25.3 Å². The number of carbonyl (C=O) groups excluding carboxylic acids is 1. The first-order valence-electron chi connectivity index (χ1n) is 10.2. The molecule has 0 radical (unpaired) electrons. The number of carbonyl (C=O) groups is 1. The van der Waals surface area contributed by atoms with Crippen LogP contribution in [-0.4, -0.2) is 26.9 Å². The van der Waals surface area contributed by atoms with Crippen molar-refractivity contribution in [3.63, 3.8) is 0 Å². The number of halogens is 3. The molecule has 3 aromatic rings. The maximum atomic E-state index is 14.3. The molecule has 0 atom stereocenters. The van der Waals surface area contributed by atoms with Crippen molar-refractivity contribution >= 4 is 16.9 Å². The molecule has 1 amide bonds. The van der Waals surface area contributed by atoms with Crippen LogP contribution in [0, 0.1) is 23.4 Å². The van der Waals surface area contributed by atoms with Crippen molar-refractivity contribution in [3.05, 3.63) is 65.2 Å². The zero-order valence-electron chi connectivity index (χ0n) is 17.5. The third-order valence-corrected chi connectivity index (χ3v) is 5.01. The number of imidazole rings is 1. The fraction of sp³-hybridized carbons (Fsp3) is 0.391. The summed E-state index contributed by atoms with van der Waals surface area (Å²) >= 11 is 0. The van der Waals surface area contributed by atoms with E-state index in [2.05, 4.69) is 4.98 Å². The number of fused-ring (bicyclic) bond motifs is 1. The molecule has 0 aliphatic heterocycles. The van der Waals surface area contributed by atoms with Crippen LogP contribution in [0.4, 0.5) is 13.2 Å². The van der Waals surface area contributed by atoms with Crippen LogP contribution < -0.4 is 0 Å². The van der Waals surface area contributed by atoms with E-state index in [-0.39, 0.29) is 17.6 Å². The number of rotatable bonds is 8. The second-order valence-corrected chi connectivity index (χ2v) is 7.82. The van der Waals surface area contributed by atoms with Crippen molar-refractivity contribution in [2.75, 3.05) is 6.54 Å². The van der Waals surface area contributed by atoms with Gasteiger partial charge in [-0.3, -0.25) is 4.79 Å². The second kappa shape index (κ2) is 9.32. The van der Waals surface area contributed by atoms with E-state index in [1.54, 1.807) is 12.1 Å². The van der Waals surface area contributed by atoms with Crippen LogP contribution in [0.5, 0.6) is 0 Å². The highest BCUT2D eigenvalue weighted by atomic mass is 19.1. The summed E-state index contributed by atoms with van der Waals surface area (Å²) in [5.74, 6) is -1.74. The molecule has 2 aromatic carbocycles. The Balaban J connectivity index is 2.00. The Morgan fingerprint density at radius 2 is 1.90 bits per heavy atom. The molecule has 3 rings (SSSR count). The summed E-state index contributed by atoms with van der Waals surface area (Å²) in [7, 11) is 0. The van der Waals surface area contributed by atoms with Crippen LogP contribution >= 0.6 is 0 Å². The summed E-state index contributed by atoms with van der Waals surface area (Å²) in [5.41, 5.74) is 0.728. The standard InChI is InChI=1S/C23H26F3N3O/c1-4-11-29-20-7-5-6-18(25)22(20)27-21(29)14-28(12-10-15(2)3)23(30)17-9-8-16(24)13-19(17)26/h5-9,13,15H,4,10-12,14H2,1-3H3. The number of hydrogen-bond donors (Lipinski definition) is 0. The van der Waals surface area contributed by atoms with Crippen molar-refractivity contribution in [2.24, 2.45) is 5.92 Å². The number of benzene rings is 2. The molecule has 0 bridgehead atoms. The van der Waals surface area contributed by atoms with Crippen molar-refractivity contribution in [1.29, 1.82) is 0 Å². The number of aromatic nitrogens is 2. The van der Waals surface area contributed by atoms with Crippen LogP contribution in [-0.2, 0) is 13.1 Å². The predicted octanol–water partition coefficient (Wildman–Crippen LogP) is 5.55. The third kappa shape index (κ3) is 4.66. The lowest BCUT2D eigenvalue weighted by Gasteiger charge is -2.24. The van der Waals surface area contributed by atoms with E-state index in [0.717, 1.165) is 18.6 Å². The molecule has 0 saturated heterocycles. The molecule has 0 aliphatic rings. The van der Waals surface area contributed by atoms with Crippen molar-refractivity contribution < 1.29 is 18.0 Å². The van der Waals surface area contributed by atoms with Gasteiger partial charge in [-0.25, -0.2) is 18.2 Å². The summed E-state index contributed by atoms with van der Waals surface area (Å²) in [6, 6.07) is 7.71. The SMILES string of the molecule is CCCn1c(CN(CCC(C)C)C(=O)c2ccc(F)cc2F)nc2c(F)cccc21. The Morgan fingerprint density at radius 3 is 2.57 bits per heavy atom. The normalized spacial score (nSPS) is 11.4. The molecule has 30 heavy (non-hydrogen) atoms. The molecule has 1 aromatic heterocycles. The lowest BCUT2D eigenvalue weighted by molar-refractivity contribution is 0.0724. The Hall–Kier alpha value is -2.83. The molecule has 1 heterocycles. The van der Waals surface area contributed by atoms with E-state index in [1.165, 1.54) is 11.0 Å². The van der Waals surface area contributed by atoms with Crippen LogP contribution in [0.15, 0.2) is 36.4 Å². The smallest absolute Gasteiger partial charge is 0.257 e. The minimum Gasteiger partial charge on any atom is -0.331 e. The zero-order chi connectivity index (χ0) is 21.8. The molecule has 0 N–H and O–H groups in total. The number of hydrogen-bond acceptors (Lipinski definition) is 2. The van der Waals surface area contributed by atoms with Crippen LogP contribution in [0.3, 0.4) is 0 Å². The van der Waals surface area contributed by atoms with Gasteiger partial charge in [0.2, 0.25) is 0 Å². The van der Waals surface area contributed by atoms with Crippen LogP contribution in [0.2, 0.25) is 0 Å². The topological polar surface area (TPSA) is 38.1 Å². The van der Waals surface area contributed by atoms with Gasteiger partial charge in [0.25, 0.3) is 5.91 Å². The first-order chi connectivity index (χ1) is 14.3. The maximum absolute atomic E-state index is 14.3. The van der Waals surface area contributed by atoms with Gasteiger partial charge in [-0.05, 0) is 43.0 Å². The number of nitrogens with zero attached hydrogens (tertiary/aromatic N) is 3. The van der Waals surface area contributed by atoms with Crippen molar-refractivity contribution in [3.8, 4) is 0 Å². The minimum atomic E-state index is -0.900. The Kier molecular flexibility index (Phi) is 6.80. The molecule has 7 heteroatoms. The molecule has 0 aliphatic carbocycles. The molecule has 0 spiro atoms. The van der Waals surface area contributed by atoms with Gasteiger partial charge in [-0.2, -0.15) is 0 Å². The van der Waals surface area contributed by atoms with Gasteiger partial charge in [0.15, 0.2) is 5.82 Å². The van der Waals surface area contributed by atoms with Crippen LogP contribution in [0.1, 0.15) is 49.8 Å². The highest BCUT2D eigenvalue weighted by Gasteiger charge is 2.23. The highest BCUT2D eigenvalue weighted by Crippen LogP contribution is 2.22. The van der Waals surface area contributed by atoms with Gasteiger partial charge < -0.3 is 9.47 Å². The van der Waals surface area contributed by atoms with Crippen molar-refractivity contribution in [2.45, 2.75) is 46.7 Å². The molecule has 4 nitrogen and oxygen atoms in total. The van der Waals surface area contributed by atoms with Crippen LogP contribution in [0.25, 0.3) is 11.0 Å². The minimum absolute atomic E-state index is 0.108. The Morgan fingerprint density at radius 1 is 1.13 bits per heavy atom. The molecule has 160 valence electrons. The van der Waals surface area contributed by atoms with E-state index >= 15 is 0 Å². The van der Waals surface area contributed by atoms with E-state index in [9.17, 15) is 18.0 Å². The summed E-state index contributed by atoms with van der Waals surface area (Å²) < 4.78 is 43.7. The number of aryl methyl sites for hydroxylation is 1. The molecular weight excluding hydrogens is 391 g/mol. The van der Waals surface area contributed by atoms with E-state index in [4.69, 9.17) is 0 Å². The summed E-state index contributed by atoms with van der Waals surface area (Å²) in [6.45, 7) is 7.17. The van der Waals surface area contributed by atoms with E-state index < -0.39 is 23.4 Å². The molecule has 0 fully saturated rings. The van der Waals surface area contributed by atoms with Crippen molar-refractivity contribution in [1.82, 2.24) is 14.5 Å². The quantitative estimate of drug-likeness (QED) is 0.482. The van der Waals surface area contributed by atoms with E-state index in [0.29, 0.717) is 42.8 Å². The largest absolute Gasteiger partial charge is 0.331 e. The average Bonchev–Trinajstić information content (AvgIpc) is 3.03. The fourth-order valence-corrected chi connectivity index (χ4v) is 3.43. The average molecular weight is 417 g/mol. The van der Waals surface area contributed by atoms with Gasteiger partial charge in [-0.1, -0.05) is 26.8 Å². The molecule has 0 unspecified atom stereocenters. The summed E-state index contributed by atoms with van der Waals surface area (Å²) in [6.07, 6.45) is 1.51. The second-order valence-electron chi connectivity index (χ2n) is 7.82. The summed E-state index contributed by atoms with van der Waals surface area (Å²) in [5, 5.41) is 0.